The van der Waals surface area contributed by atoms with E-state index in [1.165, 1.54) is 6.26 Å². The van der Waals surface area contributed by atoms with E-state index in [9.17, 15) is 9.90 Å². The van der Waals surface area contributed by atoms with Crippen LogP contribution in [0, 0.1) is 0 Å². The number of nitrogens with one attached hydrogen (secondary N) is 2. The van der Waals surface area contributed by atoms with E-state index in [0.29, 0.717) is 34.5 Å². The third-order valence-corrected chi connectivity index (χ3v) is 3.49. The number of carbonyl (C=O) groups is 1. The number of urea groups is 1. The molecule has 1 aromatic carbocycles. The zero-order chi connectivity index (χ0) is 15.2. The van der Waals surface area contributed by atoms with Crippen LogP contribution < -0.4 is 10.6 Å². The largest absolute Gasteiger partial charge is 0.467 e. The number of halogens is 2. The van der Waals surface area contributed by atoms with Gasteiger partial charge in [-0.05, 0) is 36.8 Å². The molecule has 7 heteroatoms. The van der Waals surface area contributed by atoms with Crippen LogP contribution in [0.2, 0.25) is 10.0 Å². The number of hydrogen-bond acceptors (Lipinski definition) is 3. The molecule has 1 atom stereocenters. The second-order valence-corrected chi connectivity index (χ2v) is 5.14. The molecule has 0 unspecified atom stereocenters. The molecule has 0 saturated carbocycles. The van der Waals surface area contributed by atoms with Crippen molar-refractivity contribution in [2.24, 2.45) is 0 Å². The molecular weight excluding hydrogens is 315 g/mol. The molecular formula is C14H14Cl2N2O3. The second kappa shape index (κ2) is 7.36. The number of carbonyl (C=O) groups excluding carboxylic acids is 1. The van der Waals surface area contributed by atoms with Crippen molar-refractivity contribution < 1.29 is 14.3 Å². The Bertz CT molecular complexity index is 602. The molecule has 2 rings (SSSR count). The normalized spacial score (nSPS) is 12.0. The standard InChI is InChI=1S/C14H14Cl2N2O3/c15-10-4-3-9(8-11(10)16)18-14(20)17-6-5-12(19)13-2-1-7-21-13/h1-4,7-8,12,19H,5-6H2,(H2,17,18,20)/t12-/m1/s1. The first-order chi connectivity index (χ1) is 10.1. The molecule has 3 N–H and O–H groups in total. The lowest BCUT2D eigenvalue weighted by Gasteiger charge is -2.10. The SMILES string of the molecule is O=C(NCC[C@@H](O)c1ccco1)Nc1ccc(Cl)c(Cl)c1. The molecule has 112 valence electrons. The summed E-state index contributed by atoms with van der Waals surface area (Å²) in [6.07, 6.45) is 1.09. The molecule has 1 heterocycles. The summed E-state index contributed by atoms with van der Waals surface area (Å²) in [5.74, 6) is 0.474. The highest BCUT2D eigenvalue weighted by molar-refractivity contribution is 6.42. The van der Waals surface area contributed by atoms with E-state index >= 15 is 0 Å². The molecule has 21 heavy (non-hydrogen) atoms. The minimum atomic E-state index is -0.745. The fourth-order valence-corrected chi connectivity index (χ4v) is 1.99. The van der Waals surface area contributed by atoms with Crippen LogP contribution in [0.4, 0.5) is 10.5 Å². The van der Waals surface area contributed by atoms with Crippen LogP contribution >= 0.6 is 23.2 Å². The van der Waals surface area contributed by atoms with Crippen LogP contribution in [0.1, 0.15) is 18.3 Å². The molecule has 5 nitrogen and oxygen atoms in total. The van der Waals surface area contributed by atoms with Crippen LogP contribution in [-0.2, 0) is 0 Å². The lowest BCUT2D eigenvalue weighted by atomic mass is 10.2. The highest BCUT2D eigenvalue weighted by atomic mass is 35.5. The van der Waals surface area contributed by atoms with Crippen molar-refractivity contribution in [3.05, 3.63) is 52.4 Å². The Balaban J connectivity index is 1.76. The molecule has 0 aliphatic carbocycles. The Kier molecular flexibility index (Phi) is 5.50. The maximum absolute atomic E-state index is 11.7. The van der Waals surface area contributed by atoms with Gasteiger partial charge in [0.1, 0.15) is 11.9 Å². The van der Waals surface area contributed by atoms with E-state index in [1.807, 2.05) is 0 Å². The maximum atomic E-state index is 11.7. The highest BCUT2D eigenvalue weighted by Crippen LogP contribution is 2.24. The van der Waals surface area contributed by atoms with E-state index < -0.39 is 6.10 Å². The summed E-state index contributed by atoms with van der Waals surface area (Å²) in [4.78, 5) is 11.7. The van der Waals surface area contributed by atoms with Crippen LogP contribution in [0.25, 0.3) is 0 Å². The van der Waals surface area contributed by atoms with Gasteiger partial charge in [0.25, 0.3) is 0 Å². The van der Waals surface area contributed by atoms with Crippen molar-refractivity contribution in [3.63, 3.8) is 0 Å². The summed E-state index contributed by atoms with van der Waals surface area (Å²) >= 11 is 11.6. The van der Waals surface area contributed by atoms with Crippen molar-refractivity contribution in [1.29, 1.82) is 0 Å². The van der Waals surface area contributed by atoms with E-state index in [-0.39, 0.29) is 6.03 Å². The second-order valence-electron chi connectivity index (χ2n) is 4.33. The quantitative estimate of drug-likeness (QED) is 0.780. The zero-order valence-electron chi connectivity index (χ0n) is 11.0. The average molecular weight is 329 g/mol. The van der Waals surface area contributed by atoms with Gasteiger partial charge in [-0.1, -0.05) is 23.2 Å². The van der Waals surface area contributed by atoms with Crippen LogP contribution in [0.15, 0.2) is 41.0 Å². The summed E-state index contributed by atoms with van der Waals surface area (Å²) in [6.45, 7) is 0.301. The number of benzene rings is 1. The molecule has 2 amide bonds. The first-order valence-electron chi connectivity index (χ1n) is 6.27. The molecule has 2 aromatic rings. The first-order valence-corrected chi connectivity index (χ1v) is 7.03. The lowest BCUT2D eigenvalue weighted by molar-refractivity contribution is 0.140. The smallest absolute Gasteiger partial charge is 0.319 e. The van der Waals surface area contributed by atoms with Crippen molar-refractivity contribution in [1.82, 2.24) is 5.32 Å². The van der Waals surface area contributed by atoms with Gasteiger partial charge in [-0.2, -0.15) is 0 Å². The topological polar surface area (TPSA) is 74.5 Å². The molecule has 0 spiro atoms. The van der Waals surface area contributed by atoms with Gasteiger partial charge in [0.2, 0.25) is 0 Å². The third kappa shape index (κ3) is 4.67. The minimum Gasteiger partial charge on any atom is -0.467 e. The Morgan fingerprint density at radius 1 is 1.29 bits per heavy atom. The molecule has 0 bridgehead atoms. The lowest BCUT2D eigenvalue weighted by Crippen LogP contribution is -2.30. The predicted molar refractivity (Wildman–Crippen MR) is 81.8 cm³/mol. The highest BCUT2D eigenvalue weighted by Gasteiger charge is 2.10. The molecule has 0 aliphatic rings. The van der Waals surface area contributed by atoms with Gasteiger partial charge >= 0.3 is 6.03 Å². The van der Waals surface area contributed by atoms with Gasteiger partial charge in [-0.3, -0.25) is 0 Å². The van der Waals surface area contributed by atoms with Crippen molar-refractivity contribution in [2.45, 2.75) is 12.5 Å². The van der Waals surface area contributed by atoms with Crippen LogP contribution in [-0.4, -0.2) is 17.7 Å². The molecule has 1 aromatic heterocycles. The van der Waals surface area contributed by atoms with E-state index in [2.05, 4.69) is 10.6 Å². The summed E-state index contributed by atoms with van der Waals surface area (Å²) < 4.78 is 5.07. The van der Waals surface area contributed by atoms with Crippen molar-refractivity contribution >= 4 is 34.9 Å². The first kappa shape index (κ1) is 15.7. The third-order valence-electron chi connectivity index (χ3n) is 2.75. The summed E-state index contributed by atoms with van der Waals surface area (Å²) in [5.41, 5.74) is 0.536. The van der Waals surface area contributed by atoms with E-state index in [1.54, 1.807) is 30.3 Å². The van der Waals surface area contributed by atoms with E-state index in [0.717, 1.165) is 0 Å². The number of hydrogen-bond donors (Lipinski definition) is 3. The van der Waals surface area contributed by atoms with Crippen molar-refractivity contribution in [2.75, 3.05) is 11.9 Å². The monoisotopic (exact) mass is 328 g/mol. The fourth-order valence-electron chi connectivity index (χ4n) is 1.69. The summed E-state index contributed by atoms with van der Waals surface area (Å²) in [6, 6.07) is 7.79. The van der Waals surface area contributed by atoms with Crippen LogP contribution in [0.3, 0.4) is 0 Å². The zero-order valence-corrected chi connectivity index (χ0v) is 12.5. The van der Waals surface area contributed by atoms with Gasteiger partial charge in [-0.25, -0.2) is 4.79 Å². The Morgan fingerprint density at radius 3 is 2.76 bits per heavy atom. The van der Waals surface area contributed by atoms with Crippen LogP contribution in [0.5, 0.6) is 0 Å². The number of aliphatic hydroxyl groups excluding tert-OH is 1. The average Bonchev–Trinajstić information content (AvgIpc) is 2.97. The van der Waals surface area contributed by atoms with Gasteiger partial charge < -0.3 is 20.2 Å². The van der Waals surface area contributed by atoms with Crippen molar-refractivity contribution in [3.8, 4) is 0 Å². The number of furan rings is 1. The van der Waals surface area contributed by atoms with Gasteiger partial charge in [0.15, 0.2) is 0 Å². The predicted octanol–water partition coefficient (Wildman–Crippen LogP) is 3.83. The Labute approximate surface area is 131 Å². The fraction of sp³-hybridized carbons (Fsp3) is 0.214. The van der Waals surface area contributed by atoms with Gasteiger partial charge in [0, 0.05) is 12.2 Å². The van der Waals surface area contributed by atoms with E-state index in [4.69, 9.17) is 27.6 Å². The van der Waals surface area contributed by atoms with Gasteiger partial charge in [0.05, 0.1) is 16.3 Å². The minimum absolute atomic E-state index is 0.301. The number of amides is 2. The molecule has 0 fully saturated rings. The molecule has 0 saturated heterocycles. The Morgan fingerprint density at radius 2 is 2.10 bits per heavy atom. The molecule has 0 radical (unpaired) electrons. The number of anilines is 1. The Hall–Kier alpha value is -1.69. The summed E-state index contributed by atoms with van der Waals surface area (Å²) in [7, 11) is 0. The summed E-state index contributed by atoms with van der Waals surface area (Å²) in [5, 5.41) is 15.8. The number of rotatable bonds is 5. The number of aliphatic hydroxyl groups is 1. The molecule has 0 aliphatic heterocycles. The maximum Gasteiger partial charge on any atom is 0.319 e. The van der Waals surface area contributed by atoms with Gasteiger partial charge in [-0.15, -0.1) is 0 Å².